The summed E-state index contributed by atoms with van der Waals surface area (Å²) in [5, 5.41) is 7.23. The molecular weight excluding hydrogens is 427 g/mol. The monoisotopic (exact) mass is 452 g/mol. The minimum atomic E-state index is -0.662. The summed E-state index contributed by atoms with van der Waals surface area (Å²) in [6, 6.07) is 10.7. The summed E-state index contributed by atoms with van der Waals surface area (Å²) in [5.41, 5.74) is -0.470. The number of aromatic amines is 1. The van der Waals surface area contributed by atoms with Crippen LogP contribution in [0.25, 0.3) is 10.8 Å². The Bertz CT molecular complexity index is 1250. The molecule has 0 atom stereocenters. The van der Waals surface area contributed by atoms with Gasteiger partial charge in [0.05, 0.1) is 16.3 Å². The molecule has 0 bridgehead atoms. The summed E-state index contributed by atoms with van der Waals surface area (Å²) in [6.45, 7) is 5.48. The van der Waals surface area contributed by atoms with Crippen LogP contribution in [0.2, 0.25) is 0 Å². The zero-order valence-corrected chi connectivity index (χ0v) is 18.5. The fraction of sp³-hybridized carbons (Fsp3) is 0.333. The van der Waals surface area contributed by atoms with Gasteiger partial charge in [-0.05, 0) is 36.2 Å². The van der Waals surface area contributed by atoms with Crippen molar-refractivity contribution in [2.75, 3.05) is 26.2 Å². The van der Waals surface area contributed by atoms with Crippen molar-refractivity contribution in [3.8, 4) is 11.6 Å². The largest absolute Gasteiger partial charge is 0.437 e. The zero-order chi connectivity index (χ0) is 23.5. The molecule has 2 aromatic carbocycles. The van der Waals surface area contributed by atoms with E-state index in [2.05, 4.69) is 10.2 Å². The molecule has 9 heteroatoms. The number of rotatable bonds is 5. The van der Waals surface area contributed by atoms with Gasteiger partial charge in [-0.1, -0.05) is 26.0 Å². The number of halogens is 1. The van der Waals surface area contributed by atoms with Crippen molar-refractivity contribution in [2.45, 2.75) is 20.3 Å². The molecule has 33 heavy (non-hydrogen) atoms. The highest BCUT2D eigenvalue weighted by atomic mass is 19.1. The van der Waals surface area contributed by atoms with Crippen LogP contribution in [0.15, 0.2) is 47.3 Å². The molecule has 0 unspecified atom stereocenters. The van der Waals surface area contributed by atoms with Gasteiger partial charge in [-0.15, -0.1) is 5.10 Å². The summed E-state index contributed by atoms with van der Waals surface area (Å²) in [4.78, 5) is 40.5. The number of carbonyl (C=O) groups excluding carboxylic acids is 2. The normalized spacial score (nSPS) is 14.1. The van der Waals surface area contributed by atoms with Crippen LogP contribution < -0.4 is 10.3 Å². The Morgan fingerprint density at radius 2 is 1.73 bits per heavy atom. The van der Waals surface area contributed by atoms with Crippen LogP contribution in [-0.4, -0.2) is 58.0 Å². The molecular formula is C24H25FN4O4. The second-order valence-electron chi connectivity index (χ2n) is 8.42. The van der Waals surface area contributed by atoms with Crippen molar-refractivity contribution in [2.24, 2.45) is 5.92 Å². The first-order chi connectivity index (χ1) is 15.8. The van der Waals surface area contributed by atoms with E-state index in [9.17, 15) is 18.8 Å². The lowest BCUT2D eigenvalue weighted by Gasteiger charge is -2.35. The average Bonchev–Trinajstić information content (AvgIpc) is 2.81. The van der Waals surface area contributed by atoms with Crippen LogP contribution in [0, 0.1) is 11.7 Å². The van der Waals surface area contributed by atoms with Crippen LogP contribution >= 0.6 is 0 Å². The second-order valence-corrected chi connectivity index (χ2v) is 8.42. The van der Waals surface area contributed by atoms with E-state index in [1.54, 1.807) is 29.2 Å². The molecule has 1 N–H and O–H groups in total. The Kier molecular flexibility index (Phi) is 6.39. The first kappa shape index (κ1) is 22.4. The molecule has 0 saturated carbocycles. The Morgan fingerprint density at radius 1 is 1.06 bits per heavy atom. The lowest BCUT2D eigenvalue weighted by molar-refractivity contribution is -0.133. The standard InChI is InChI=1S/C24H25FN4O4/c1-15(2)13-21(30)28-9-11-29(12-10-28)24(32)19-14-16(7-8-20(19)25)33-23-18-6-4-3-5-17(18)22(31)26-27-23/h3-8,14-15H,9-13H2,1-2H3,(H,26,31). The summed E-state index contributed by atoms with van der Waals surface area (Å²) < 4.78 is 20.3. The van der Waals surface area contributed by atoms with Gasteiger partial charge in [0.1, 0.15) is 11.6 Å². The topological polar surface area (TPSA) is 95.6 Å². The van der Waals surface area contributed by atoms with E-state index < -0.39 is 11.7 Å². The third-order valence-electron chi connectivity index (χ3n) is 5.55. The maximum Gasteiger partial charge on any atom is 0.272 e. The maximum atomic E-state index is 14.5. The predicted octanol–water partition coefficient (Wildman–Crippen LogP) is 3.19. The van der Waals surface area contributed by atoms with Gasteiger partial charge in [-0.3, -0.25) is 14.4 Å². The van der Waals surface area contributed by atoms with Gasteiger partial charge < -0.3 is 14.5 Å². The van der Waals surface area contributed by atoms with Gasteiger partial charge in [-0.2, -0.15) is 0 Å². The van der Waals surface area contributed by atoms with Crippen LogP contribution in [0.3, 0.4) is 0 Å². The molecule has 0 aliphatic carbocycles. The Balaban J connectivity index is 1.50. The summed E-state index contributed by atoms with van der Waals surface area (Å²) in [7, 11) is 0. The number of hydrogen-bond acceptors (Lipinski definition) is 5. The van der Waals surface area contributed by atoms with Gasteiger partial charge in [0.15, 0.2) is 0 Å². The van der Waals surface area contributed by atoms with Gasteiger partial charge >= 0.3 is 0 Å². The summed E-state index contributed by atoms with van der Waals surface area (Å²) in [6.07, 6.45) is 0.468. The number of hydrogen-bond donors (Lipinski definition) is 1. The van der Waals surface area contributed by atoms with Crippen molar-refractivity contribution >= 4 is 22.6 Å². The SMILES string of the molecule is CC(C)CC(=O)N1CCN(C(=O)c2cc(Oc3n[nH]c(=O)c4ccccc34)ccc2F)CC1. The highest BCUT2D eigenvalue weighted by Crippen LogP contribution is 2.27. The van der Waals surface area contributed by atoms with Crippen molar-refractivity contribution in [1.29, 1.82) is 0 Å². The third-order valence-corrected chi connectivity index (χ3v) is 5.55. The highest BCUT2D eigenvalue weighted by molar-refractivity contribution is 5.95. The second kappa shape index (κ2) is 9.40. The fourth-order valence-corrected chi connectivity index (χ4v) is 3.82. The van der Waals surface area contributed by atoms with Crippen molar-refractivity contribution in [1.82, 2.24) is 20.0 Å². The van der Waals surface area contributed by atoms with Crippen molar-refractivity contribution < 1.29 is 18.7 Å². The number of nitrogens with zero attached hydrogens (tertiary/aromatic N) is 3. The lowest BCUT2D eigenvalue weighted by Crippen LogP contribution is -2.50. The molecule has 2 amide bonds. The smallest absolute Gasteiger partial charge is 0.272 e. The third kappa shape index (κ3) is 4.87. The highest BCUT2D eigenvalue weighted by Gasteiger charge is 2.27. The van der Waals surface area contributed by atoms with E-state index in [-0.39, 0.29) is 34.6 Å². The summed E-state index contributed by atoms with van der Waals surface area (Å²) in [5.74, 6) is -0.428. The number of H-pyrrole nitrogens is 1. The predicted molar refractivity (Wildman–Crippen MR) is 121 cm³/mol. The molecule has 172 valence electrons. The molecule has 1 aromatic heterocycles. The van der Waals surface area contributed by atoms with Crippen LogP contribution in [0.4, 0.5) is 4.39 Å². The Labute approximate surface area is 190 Å². The van der Waals surface area contributed by atoms with E-state index in [0.29, 0.717) is 43.4 Å². The van der Waals surface area contributed by atoms with Gasteiger partial charge in [0, 0.05) is 32.6 Å². The zero-order valence-electron chi connectivity index (χ0n) is 18.5. The van der Waals surface area contributed by atoms with Crippen LogP contribution in [0.5, 0.6) is 11.6 Å². The van der Waals surface area contributed by atoms with Gasteiger partial charge in [0.2, 0.25) is 11.8 Å². The maximum absolute atomic E-state index is 14.5. The number of carbonyl (C=O) groups is 2. The van der Waals surface area contributed by atoms with Crippen molar-refractivity contribution in [3.63, 3.8) is 0 Å². The minimum Gasteiger partial charge on any atom is -0.437 e. The molecule has 1 fully saturated rings. The number of benzene rings is 2. The number of piperazine rings is 1. The molecule has 4 rings (SSSR count). The molecule has 1 saturated heterocycles. The number of nitrogens with one attached hydrogen (secondary N) is 1. The molecule has 0 radical (unpaired) electrons. The number of aromatic nitrogens is 2. The first-order valence-corrected chi connectivity index (χ1v) is 10.9. The van der Waals surface area contributed by atoms with E-state index in [1.165, 1.54) is 23.1 Å². The quantitative estimate of drug-likeness (QED) is 0.642. The number of fused-ring (bicyclic) bond motifs is 1. The van der Waals surface area contributed by atoms with E-state index >= 15 is 0 Å². The lowest BCUT2D eigenvalue weighted by atomic mass is 10.1. The average molecular weight is 452 g/mol. The summed E-state index contributed by atoms with van der Waals surface area (Å²) >= 11 is 0. The molecule has 3 aromatic rings. The number of ether oxygens (including phenoxy) is 1. The van der Waals surface area contributed by atoms with Crippen LogP contribution in [-0.2, 0) is 4.79 Å². The molecule has 0 spiro atoms. The number of amides is 2. The molecule has 8 nitrogen and oxygen atoms in total. The molecule has 2 heterocycles. The Hall–Kier alpha value is -3.75. The Morgan fingerprint density at radius 3 is 2.42 bits per heavy atom. The first-order valence-electron chi connectivity index (χ1n) is 10.9. The minimum absolute atomic E-state index is 0.0688. The van der Waals surface area contributed by atoms with E-state index in [4.69, 9.17) is 4.74 Å². The van der Waals surface area contributed by atoms with Gasteiger partial charge in [-0.25, -0.2) is 9.49 Å². The molecule has 1 aliphatic heterocycles. The van der Waals surface area contributed by atoms with Crippen LogP contribution in [0.1, 0.15) is 30.6 Å². The molecule has 1 aliphatic rings. The van der Waals surface area contributed by atoms with E-state index in [0.717, 1.165) is 0 Å². The van der Waals surface area contributed by atoms with E-state index in [1.807, 2.05) is 13.8 Å². The fourth-order valence-electron chi connectivity index (χ4n) is 3.82. The van der Waals surface area contributed by atoms with Crippen molar-refractivity contribution in [3.05, 3.63) is 64.2 Å². The van der Waals surface area contributed by atoms with Gasteiger partial charge in [0.25, 0.3) is 11.5 Å².